The van der Waals surface area contributed by atoms with Crippen LogP contribution in [0, 0.1) is 5.82 Å². The minimum atomic E-state index is -0.218. The van der Waals surface area contributed by atoms with Gasteiger partial charge in [-0.15, -0.1) is 0 Å². The molecule has 2 N–H and O–H groups in total. The summed E-state index contributed by atoms with van der Waals surface area (Å²) in [5, 5.41) is 0. The van der Waals surface area contributed by atoms with Gasteiger partial charge in [0.05, 0.1) is 0 Å². The summed E-state index contributed by atoms with van der Waals surface area (Å²) < 4.78 is 13.6. The number of benzene rings is 1. The predicted octanol–water partition coefficient (Wildman–Crippen LogP) is 3.09. The van der Waals surface area contributed by atoms with Gasteiger partial charge in [0.1, 0.15) is 5.82 Å². The van der Waals surface area contributed by atoms with E-state index in [1.54, 1.807) is 6.07 Å². The van der Waals surface area contributed by atoms with Crippen LogP contribution in [0.1, 0.15) is 18.4 Å². The molecule has 0 atom stereocenters. The Labute approximate surface area is 90.9 Å². The lowest BCUT2D eigenvalue weighted by atomic mass is 9.86. The quantitative estimate of drug-likeness (QED) is 0.820. The van der Waals surface area contributed by atoms with Crippen LogP contribution in [0.4, 0.5) is 4.39 Å². The van der Waals surface area contributed by atoms with Crippen LogP contribution in [0.3, 0.4) is 0 Å². The molecule has 3 heteroatoms. The van der Waals surface area contributed by atoms with E-state index in [2.05, 4.69) is 22.0 Å². The Morgan fingerprint density at radius 1 is 1.43 bits per heavy atom. The number of hydrogen-bond acceptors (Lipinski definition) is 1. The first-order valence-electron chi connectivity index (χ1n) is 4.55. The van der Waals surface area contributed by atoms with Crippen LogP contribution in [0.25, 0.3) is 6.08 Å². The maximum absolute atomic E-state index is 12.8. The van der Waals surface area contributed by atoms with Crippen LogP contribution in [0.2, 0.25) is 0 Å². The molecule has 0 unspecified atom stereocenters. The Bertz CT molecular complexity index is 379. The third-order valence-electron chi connectivity index (χ3n) is 2.37. The SMILES string of the molecule is NC1CC(=Cc2ccc(F)cc2Br)C1. The van der Waals surface area contributed by atoms with Gasteiger partial charge in [-0.25, -0.2) is 4.39 Å². The van der Waals surface area contributed by atoms with Gasteiger partial charge in [-0.1, -0.05) is 33.6 Å². The zero-order valence-electron chi connectivity index (χ0n) is 7.63. The molecule has 0 saturated heterocycles. The van der Waals surface area contributed by atoms with E-state index in [0.717, 1.165) is 22.9 Å². The molecule has 0 heterocycles. The third-order valence-corrected chi connectivity index (χ3v) is 3.06. The lowest BCUT2D eigenvalue weighted by molar-refractivity contribution is 0.547. The highest BCUT2D eigenvalue weighted by Gasteiger charge is 2.18. The number of hydrogen-bond donors (Lipinski definition) is 1. The average molecular weight is 256 g/mol. The second kappa shape index (κ2) is 3.83. The van der Waals surface area contributed by atoms with Crippen LogP contribution in [0.15, 0.2) is 28.2 Å². The van der Waals surface area contributed by atoms with E-state index in [0.29, 0.717) is 6.04 Å². The highest BCUT2D eigenvalue weighted by Crippen LogP contribution is 2.29. The monoisotopic (exact) mass is 255 g/mol. The largest absolute Gasteiger partial charge is 0.327 e. The van der Waals surface area contributed by atoms with Crippen LogP contribution >= 0.6 is 15.9 Å². The Hall–Kier alpha value is -0.670. The van der Waals surface area contributed by atoms with E-state index in [-0.39, 0.29) is 5.82 Å². The number of rotatable bonds is 1. The maximum Gasteiger partial charge on any atom is 0.124 e. The Morgan fingerprint density at radius 2 is 2.14 bits per heavy atom. The second-order valence-corrected chi connectivity index (χ2v) is 4.49. The topological polar surface area (TPSA) is 26.0 Å². The molecule has 2 rings (SSSR count). The van der Waals surface area contributed by atoms with Gasteiger partial charge >= 0.3 is 0 Å². The molecule has 1 aliphatic rings. The second-order valence-electron chi connectivity index (χ2n) is 3.64. The molecule has 0 aromatic heterocycles. The van der Waals surface area contributed by atoms with Crippen molar-refractivity contribution < 1.29 is 4.39 Å². The average Bonchev–Trinajstić information content (AvgIpc) is 2.06. The normalized spacial score (nSPS) is 20.5. The molecule has 0 aliphatic heterocycles. The van der Waals surface area contributed by atoms with Gasteiger partial charge in [-0.05, 0) is 30.5 Å². The van der Waals surface area contributed by atoms with Crippen molar-refractivity contribution in [3.63, 3.8) is 0 Å². The van der Waals surface area contributed by atoms with E-state index in [4.69, 9.17) is 5.73 Å². The predicted molar refractivity (Wildman–Crippen MR) is 59.3 cm³/mol. The summed E-state index contributed by atoms with van der Waals surface area (Å²) in [4.78, 5) is 0. The minimum Gasteiger partial charge on any atom is -0.327 e. The van der Waals surface area contributed by atoms with Gasteiger partial charge in [0.25, 0.3) is 0 Å². The van der Waals surface area contributed by atoms with Crippen molar-refractivity contribution in [1.29, 1.82) is 0 Å². The molecule has 14 heavy (non-hydrogen) atoms. The fourth-order valence-electron chi connectivity index (χ4n) is 1.57. The zero-order valence-corrected chi connectivity index (χ0v) is 9.22. The van der Waals surface area contributed by atoms with E-state index in [1.807, 2.05) is 0 Å². The van der Waals surface area contributed by atoms with Gasteiger partial charge in [-0.3, -0.25) is 0 Å². The van der Waals surface area contributed by atoms with Gasteiger partial charge < -0.3 is 5.73 Å². The van der Waals surface area contributed by atoms with Crippen molar-refractivity contribution in [1.82, 2.24) is 0 Å². The summed E-state index contributed by atoms with van der Waals surface area (Å²) >= 11 is 3.33. The molecule has 0 amide bonds. The molecule has 0 spiro atoms. The van der Waals surface area contributed by atoms with Crippen molar-refractivity contribution >= 4 is 22.0 Å². The summed E-state index contributed by atoms with van der Waals surface area (Å²) in [6.45, 7) is 0. The number of halogens is 2. The summed E-state index contributed by atoms with van der Waals surface area (Å²) in [5.41, 5.74) is 8.03. The molecular weight excluding hydrogens is 245 g/mol. The Kier molecular flexibility index (Phi) is 2.70. The van der Waals surface area contributed by atoms with E-state index >= 15 is 0 Å². The van der Waals surface area contributed by atoms with E-state index in [1.165, 1.54) is 17.7 Å². The summed E-state index contributed by atoms with van der Waals surface area (Å²) in [7, 11) is 0. The Morgan fingerprint density at radius 3 is 2.71 bits per heavy atom. The molecular formula is C11H11BrFN. The van der Waals surface area contributed by atoms with Crippen molar-refractivity contribution in [3.05, 3.63) is 39.6 Å². The molecule has 74 valence electrons. The molecule has 1 aromatic carbocycles. The van der Waals surface area contributed by atoms with Crippen molar-refractivity contribution in [2.75, 3.05) is 0 Å². The first-order valence-corrected chi connectivity index (χ1v) is 5.34. The van der Waals surface area contributed by atoms with Gasteiger partial charge in [0.15, 0.2) is 0 Å². The lowest BCUT2D eigenvalue weighted by Gasteiger charge is -2.25. The molecule has 1 aromatic rings. The fraction of sp³-hybridized carbons (Fsp3) is 0.273. The van der Waals surface area contributed by atoms with Crippen molar-refractivity contribution in [2.24, 2.45) is 5.73 Å². The van der Waals surface area contributed by atoms with Crippen LogP contribution in [-0.4, -0.2) is 6.04 Å². The molecule has 1 fully saturated rings. The standard InChI is InChI=1S/C11H11BrFN/c12-11-6-9(13)2-1-8(11)3-7-4-10(14)5-7/h1-3,6,10H,4-5,14H2. The minimum absolute atomic E-state index is 0.218. The van der Waals surface area contributed by atoms with Gasteiger partial charge in [0.2, 0.25) is 0 Å². The summed E-state index contributed by atoms with van der Waals surface area (Å²) in [6, 6.07) is 5.04. The molecule has 0 radical (unpaired) electrons. The van der Waals surface area contributed by atoms with Crippen molar-refractivity contribution in [2.45, 2.75) is 18.9 Å². The van der Waals surface area contributed by atoms with E-state index in [9.17, 15) is 4.39 Å². The fourth-order valence-corrected chi connectivity index (χ4v) is 2.04. The zero-order chi connectivity index (χ0) is 10.1. The molecule has 0 bridgehead atoms. The van der Waals surface area contributed by atoms with Crippen LogP contribution in [0.5, 0.6) is 0 Å². The highest BCUT2D eigenvalue weighted by atomic mass is 79.9. The van der Waals surface area contributed by atoms with E-state index < -0.39 is 0 Å². The lowest BCUT2D eigenvalue weighted by Crippen LogP contribution is -2.29. The summed E-state index contributed by atoms with van der Waals surface area (Å²) in [6.07, 6.45) is 4.00. The smallest absolute Gasteiger partial charge is 0.124 e. The van der Waals surface area contributed by atoms with Gasteiger partial charge in [0, 0.05) is 10.5 Å². The highest BCUT2D eigenvalue weighted by molar-refractivity contribution is 9.10. The van der Waals surface area contributed by atoms with Crippen LogP contribution < -0.4 is 5.73 Å². The molecule has 1 nitrogen and oxygen atoms in total. The third kappa shape index (κ3) is 2.04. The first-order chi connectivity index (χ1) is 6.65. The number of nitrogens with two attached hydrogens (primary N) is 1. The Balaban J connectivity index is 2.21. The van der Waals surface area contributed by atoms with Crippen molar-refractivity contribution in [3.8, 4) is 0 Å². The summed E-state index contributed by atoms with van der Waals surface area (Å²) in [5.74, 6) is -0.218. The molecule has 1 aliphatic carbocycles. The molecule has 1 saturated carbocycles. The first kappa shape index (κ1) is 9.87. The van der Waals surface area contributed by atoms with Gasteiger partial charge in [-0.2, -0.15) is 0 Å². The van der Waals surface area contributed by atoms with Crippen LogP contribution in [-0.2, 0) is 0 Å². The maximum atomic E-state index is 12.8.